The monoisotopic (exact) mass is 447 g/mol. The summed E-state index contributed by atoms with van der Waals surface area (Å²) in [5.41, 5.74) is 1.92. The molecule has 0 saturated carbocycles. The van der Waals surface area contributed by atoms with Crippen molar-refractivity contribution in [2.75, 3.05) is 14.2 Å². The molecule has 4 rings (SSSR count). The van der Waals surface area contributed by atoms with E-state index in [1.54, 1.807) is 25.3 Å². The minimum Gasteiger partial charge on any atom is -0.493 e. The number of thioether (sulfide) groups is 1. The fraction of sp³-hybridized carbons (Fsp3) is 0.240. The summed E-state index contributed by atoms with van der Waals surface area (Å²) in [7, 11) is 3.19. The Morgan fingerprint density at radius 3 is 2.59 bits per heavy atom. The second-order valence-corrected chi connectivity index (χ2v) is 8.49. The molecule has 0 spiro atoms. The van der Waals surface area contributed by atoms with Crippen molar-refractivity contribution in [3.63, 3.8) is 0 Å². The molecule has 1 aliphatic heterocycles. The highest BCUT2D eigenvalue weighted by Gasteiger charge is 2.37. The molecule has 1 amide bonds. The molecule has 0 radical (unpaired) electrons. The molecule has 6 nitrogen and oxygen atoms in total. The van der Waals surface area contributed by atoms with Crippen LogP contribution in [0.4, 0.5) is 0 Å². The maximum atomic E-state index is 13.0. The summed E-state index contributed by atoms with van der Waals surface area (Å²) < 4.78 is 10.6. The smallest absolute Gasteiger partial charge is 0.242 e. The van der Waals surface area contributed by atoms with Crippen molar-refractivity contribution in [1.82, 2.24) is 4.90 Å². The number of methoxy groups -OCH3 is 2. The molecular formula is C25H25N3O3S. The fourth-order valence-electron chi connectivity index (χ4n) is 3.67. The number of hydrogen-bond acceptors (Lipinski definition) is 6. The quantitative estimate of drug-likeness (QED) is 0.373. The van der Waals surface area contributed by atoms with Gasteiger partial charge in [0, 0.05) is 0 Å². The van der Waals surface area contributed by atoms with Gasteiger partial charge < -0.3 is 9.47 Å². The van der Waals surface area contributed by atoms with Crippen LogP contribution in [0.1, 0.15) is 24.5 Å². The third kappa shape index (κ3) is 4.48. The van der Waals surface area contributed by atoms with E-state index in [1.807, 2.05) is 43.3 Å². The number of hydrogen-bond donors (Lipinski definition) is 0. The van der Waals surface area contributed by atoms with Crippen LogP contribution in [0.3, 0.4) is 0 Å². The first-order valence-corrected chi connectivity index (χ1v) is 11.3. The molecule has 1 heterocycles. The normalized spacial score (nSPS) is 17.6. The number of carbonyl (C=O) groups excluding carboxylic acids is 1. The maximum absolute atomic E-state index is 13.0. The molecule has 3 aromatic carbocycles. The Balaban J connectivity index is 1.60. The van der Waals surface area contributed by atoms with Gasteiger partial charge in [-0.3, -0.25) is 9.69 Å². The highest BCUT2D eigenvalue weighted by Crippen LogP contribution is 2.32. The standard InChI is InChI=1S/C25H25N3O3S/c1-4-23-24(29)28(16-19-10-7-9-18-8-5-6-11-20(18)19)25(32-23)27-26-15-17-12-13-21(30-2)22(14-17)31-3/h5-15,23H,4,16H2,1-3H3/b26-15-,27-25+/t23-/m0/s1. The Labute approximate surface area is 191 Å². The van der Waals surface area contributed by atoms with Crippen LogP contribution >= 0.6 is 11.8 Å². The molecule has 7 heteroatoms. The first-order chi connectivity index (χ1) is 15.6. The number of amides is 1. The summed E-state index contributed by atoms with van der Waals surface area (Å²) in [5.74, 6) is 1.35. The number of amidine groups is 1. The van der Waals surface area contributed by atoms with Crippen molar-refractivity contribution in [3.05, 3.63) is 71.8 Å². The van der Waals surface area contributed by atoms with Crippen LogP contribution in [0.5, 0.6) is 11.5 Å². The molecule has 32 heavy (non-hydrogen) atoms. The van der Waals surface area contributed by atoms with E-state index in [0.717, 1.165) is 28.3 Å². The molecule has 0 bridgehead atoms. The van der Waals surface area contributed by atoms with Crippen LogP contribution in [-0.2, 0) is 11.3 Å². The van der Waals surface area contributed by atoms with Gasteiger partial charge >= 0.3 is 0 Å². The van der Waals surface area contributed by atoms with Crippen molar-refractivity contribution in [3.8, 4) is 11.5 Å². The van der Waals surface area contributed by atoms with E-state index < -0.39 is 0 Å². The Morgan fingerprint density at radius 1 is 1.03 bits per heavy atom. The summed E-state index contributed by atoms with van der Waals surface area (Å²) in [5, 5.41) is 11.4. The summed E-state index contributed by atoms with van der Waals surface area (Å²) in [6.45, 7) is 2.48. The van der Waals surface area contributed by atoms with Crippen LogP contribution in [0.15, 0.2) is 70.9 Å². The zero-order valence-electron chi connectivity index (χ0n) is 18.3. The van der Waals surface area contributed by atoms with Crippen LogP contribution in [0, 0.1) is 0 Å². The molecule has 164 valence electrons. The number of rotatable bonds is 7. The highest BCUT2D eigenvalue weighted by atomic mass is 32.2. The second-order valence-electron chi connectivity index (χ2n) is 7.32. The number of carbonyl (C=O) groups is 1. The van der Waals surface area contributed by atoms with Gasteiger partial charge in [-0.25, -0.2) is 0 Å². The van der Waals surface area contributed by atoms with Gasteiger partial charge in [0.15, 0.2) is 16.7 Å². The summed E-state index contributed by atoms with van der Waals surface area (Å²) in [6.07, 6.45) is 2.39. The molecule has 0 unspecified atom stereocenters. The third-order valence-electron chi connectivity index (χ3n) is 5.36. The lowest BCUT2D eigenvalue weighted by Gasteiger charge is -2.17. The van der Waals surface area contributed by atoms with Crippen LogP contribution < -0.4 is 9.47 Å². The van der Waals surface area contributed by atoms with Crippen molar-refractivity contribution >= 4 is 39.8 Å². The molecule has 1 saturated heterocycles. The van der Waals surface area contributed by atoms with Crippen LogP contribution in [0.2, 0.25) is 0 Å². The average Bonchev–Trinajstić information content (AvgIpc) is 3.13. The van der Waals surface area contributed by atoms with E-state index in [1.165, 1.54) is 11.8 Å². The molecular weight excluding hydrogens is 422 g/mol. The molecule has 3 aromatic rings. The second kappa shape index (κ2) is 9.87. The molecule has 0 N–H and O–H groups in total. The summed E-state index contributed by atoms with van der Waals surface area (Å²) >= 11 is 1.47. The van der Waals surface area contributed by atoms with Crippen molar-refractivity contribution in [2.45, 2.75) is 25.1 Å². The largest absolute Gasteiger partial charge is 0.493 e. The van der Waals surface area contributed by atoms with Crippen LogP contribution in [0.25, 0.3) is 10.8 Å². The lowest BCUT2D eigenvalue weighted by atomic mass is 10.0. The minimum atomic E-state index is -0.139. The summed E-state index contributed by atoms with van der Waals surface area (Å²) in [4.78, 5) is 14.8. The van der Waals surface area contributed by atoms with Gasteiger partial charge in [-0.05, 0) is 46.5 Å². The van der Waals surface area contributed by atoms with Crippen LogP contribution in [-0.4, -0.2) is 41.7 Å². The van der Waals surface area contributed by atoms with Gasteiger partial charge in [0.2, 0.25) is 5.91 Å². The van der Waals surface area contributed by atoms with Gasteiger partial charge in [0.25, 0.3) is 0 Å². The first-order valence-electron chi connectivity index (χ1n) is 10.4. The van der Waals surface area contributed by atoms with Gasteiger partial charge in [0.05, 0.1) is 32.2 Å². The van der Waals surface area contributed by atoms with Gasteiger partial charge in [0.1, 0.15) is 0 Å². The summed E-state index contributed by atoms with van der Waals surface area (Å²) in [6, 6.07) is 19.9. The SMILES string of the molecule is CC[C@@H]1S/C(=N/N=C\c2ccc(OC)c(OC)c2)N(Cc2cccc3ccccc23)C1=O. The molecule has 0 aliphatic carbocycles. The number of fused-ring (bicyclic) bond motifs is 1. The molecule has 0 aromatic heterocycles. The number of ether oxygens (including phenoxy) is 2. The molecule has 1 aliphatic rings. The molecule has 1 atom stereocenters. The Bertz CT molecular complexity index is 1190. The number of nitrogens with zero attached hydrogens (tertiary/aromatic N) is 3. The lowest BCUT2D eigenvalue weighted by molar-refractivity contribution is -0.126. The first kappa shape index (κ1) is 21.9. The highest BCUT2D eigenvalue weighted by molar-refractivity contribution is 8.15. The van der Waals surface area contributed by atoms with Gasteiger partial charge in [-0.15, -0.1) is 5.10 Å². The Morgan fingerprint density at radius 2 is 1.81 bits per heavy atom. The Kier molecular flexibility index (Phi) is 6.75. The van der Waals surface area contributed by atoms with E-state index in [0.29, 0.717) is 23.2 Å². The molecule has 1 fully saturated rings. The van der Waals surface area contributed by atoms with E-state index in [-0.39, 0.29) is 11.2 Å². The number of benzene rings is 3. The zero-order valence-corrected chi connectivity index (χ0v) is 19.1. The topological polar surface area (TPSA) is 63.5 Å². The van der Waals surface area contributed by atoms with E-state index in [9.17, 15) is 4.79 Å². The van der Waals surface area contributed by atoms with Gasteiger partial charge in [-0.2, -0.15) is 5.10 Å². The predicted octanol–water partition coefficient (Wildman–Crippen LogP) is 5.10. The third-order valence-corrected chi connectivity index (χ3v) is 6.69. The predicted molar refractivity (Wildman–Crippen MR) is 131 cm³/mol. The van der Waals surface area contributed by atoms with Crippen molar-refractivity contribution < 1.29 is 14.3 Å². The van der Waals surface area contributed by atoms with E-state index in [4.69, 9.17) is 9.47 Å². The van der Waals surface area contributed by atoms with E-state index >= 15 is 0 Å². The van der Waals surface area contributed by atoms with Gasteiger partial charge in [-0.1, -0.05) is 61.2 Å². The van der Waals surface area contributed by atoms with Crippen molar-refractivity contribution in [2.24, 2.45) is 10.2 Å². The minimum absolute atomic E-state index is 0.0745. The lowest BCUT2D eigenvalue weighted by Crippen LogP contribution is -2.31. The van der Waals surface area contributed by atoms with E-state index in [2.05, 4.69) is 34.5 Å². The Hall–Kier alpha value is -3.32. The zero-order chi connectivity index (χ0) is 22.5. The fourth-order valence-corrected chi connectivity index (χ4v) is 4.69. The average molecular weight is 448 g/mol. The maximum Gasteiger partial charge on any atom is 0.242 e. The van der Waals surface area contributed by atoms with Crippen molar-refractivity contribution in [1.29, 1.82) is 0 Å².